The number of rotatable bonds is 3. The van der Waals surface area contributed by atoms with Crippen LogP contribution in [0.3, 0.4) is 0 Å². The summed E-state index contributed by atoms with van der Waals surface area (Å²) >= 11 is 0. The zero-order chi connectivity index (χ0) is 15.7. The van der Waals surface area contributed by atoms with Crippen molar-refractivity contribution in [2.45, 2.75) is 18.5 Å². The Morgan fingerprint density at radius 3 is 2.86 bits per heavy atom. The number of aromatic nitrogens is 1. The van der Waals surface area contributed by atoms with Gasteiger partial charge in [-0.3, -0.25) is 9.69 Å². The van der Waals surface area contributed by atoms with Gasteiger partial charge in [-0.1, -0.05) is 11.2 Å². The van der Waals surface area contributed by atoms with Crippen molar-refractivity contribution in [3.8, 4) is 0 Å². The fourth-order valence-corrected chi connectivity index (χ4v) is 2.85. The first kappa shape index (κ1) is 14.6. The van der Waals surface area contributed by atoms with Crippen LogP contribution in [0.1, 0.15) is 28.5 Å². The second-order valence-electron chi connectivity index (χ2n) is 5.35. The van der Waals surface area contributed by atoms with Crippen LogP contribution in [-0.4, -0.2) is 35.6 Å². The zero-order valence-corrected chi connectivity index (χ0v) is 11.9. The zero-order valence-electron chi connectivity index (χ0n) is 11.9. The lowest BCUT2D eigenvalue weighted by Crippen LogP contribution is -2.39. The Balaban J connectivity index is 1.81. The van der Waals surface area contributed by atoms with Gasteiger partial charge in [0, 0.05) is 12.6 Å². The second-order valence-corrected chi connectivity index (χ2v) is 5.35. The van der Waals surface area contributed by atoms with Crippen LogP contribution in [0, 0.1) is 11.6 Å². The highest BCUT2D eigenvalue weighted by atomic mass is 19.2. The lowest BCUT2D eigenvalue weighted by molar-refractivity contribution is 0.0918. The molecule has 0 unspecified atom stereocenters. The van der Waals surface area contributed by atoms with Gasteiger partial charge in [0.05, 0.1) is 12.1 Å². The molecule has 2 heterocycles. The molecular formula is C15H15F2N3O2. The van der Waals surface area contributed by atoms with Crippen molar-refractivity contribution >= 4 is 5.91 Å². The van der Waals surface area contributed by atoms with Crippen LogP contribution < -0.4 is 5.32 Å². The van der Waals surface area contributed by atoms with Crippen LogP contribution in [0.25, 0.3) is 0 Å². The van der Waals surface area contributed by atoms with Crippen LogP contribution in [0.2, 0.25) is 0 Å². The molecule has 2 aromatic rings. The molecule has 0 saturated carbocycles. The molecular weight excluding hydrogens is 292 g/mol. The molecule has 0 aliphatic carbocycles. The van der Waals surface area contributed by atoms with Crippen molar-refractivity contribution in [3.05, 3.63) is 53.4 Å². The minimum atomic E-state index is -0.889. The van der Waals surface area contributed by atoms with Crippen molar-refractivity contribution in [1.29, 1.82) is 0 Å². The third kappa shape index (κ3) is 2.71. The number of likely N-dealkylation sites (tertiary alicyclic amines) is 1. The van der Waals surface area contributed by atoms with E-state index < -0.39 is 11.6 Å². The number of hydrogen-bond acceptors (Lipinski definition) is 4. The Labute approximate surface area is 125 Å². The van der Waals surface area contributed by atoms with Crippen LogP contribution in [0.4, 0.5) is 8.78 Å². The topological polar surface area (TPSA) is 58.4 Å². The number of halogens is 2. The third-order valence-electron chi connectivity index (χ3n) is 3.92. The SMILES string of the molecule is CN1CC[C@@H](NC(=O)c2ccon2)[C@H]1c1ccc(F)c(F)c1. The maximum absolute atomic E-state index is 13.5. The number of likely N-dealkylation sites (N-methyl/N-ethyl adjacent to an activating group) is 1. The normalized spacial score (nSPS) is 22.0. The molecule has 1 aromatic carbocycles. The lowest BCUT2D eigenvalue weighted by Gasteiger charge is -2.26. The number of carbonyl (C=O) groups excluding carboxylic acids is 1. The predicted molar refractivity (Wildman–Crippen MR) is 74.1 cm³/mol. The molecule has 22 heavy (non-hydrogen) atoms. The van der Waals surface area contributed by atoms with Gasteiger partial charge in [-0.15, -0.1) is 0 Å². The van der Waals surface area contributed by atoms with E-state index in [1.165, 1.54) is 18.4 Å². The Kier molecular flexibility index (Phi) is 3.89. The van der Waals surface area contributed by atoms with Crippen molar-refractivity contribution < 1.29 is 18.1 Å². The summed E-state index contributed by atoms with van der Waals surface area (Å²) in [6, 6.07) is 4.87. The first-order valence-corrected chi connectivity index (χ1v) is 6.92. The molecule has 7 heteroatoms. The van der Waals surface area contributed by atoms with E-state index in [9.17, 15) is 13.6 Å². The fraction of sp³-hybridized carbons (Fsp3) is 0.333. The molecule has 0 spiro atoms. The highest BCUT2D eigenvalue weighted by Crippen LogP contribution is 2.31. The van der Waals surface area contributed by atoms with Gasteiger partial charge in [-0.2, -0.15) is 0 Å². The second kappa shape index (κ2) is 5.84. The molecule has 1 aromatic heterocycles. The number of carbonyl (C=O) groups is 1. The van der Waals surface area contributed by atoms with Crippen molar-refractivity contribution in [2.24, 2.45) is 0 Å². The van der Waals surface area contributed by atoms with E-state index in [1.54, 1.807) is 6.07 Å². The molecule has 1 fully saturated rings. The number of benzene rings is 1. The largest absolute Gasteiger partial charge is 0.364 e. The Morgan fingerprint density at radius 2 is 2.18 bits per heavy atom. The number of amides is 1. The molecule has 0 bridgehead atoms. The number of nitrogens with one attached hydrogen (secondary N) is 1. The van der Waals surface area contributed by atoms with Crippen molar-refractivity contribution in [3.63, 3.8) is 0 Å². The monoisotopic (exact) mass is 307 g/mol. The van der Waals surface area contributed by atoms with Crippen molar-refractivity contribution in [1.82, 2.24) is 15.4 Å². The maximum Gasteiger partial charge on any atom is 0.273 e. The van der Waals surface area contributed by atoms with Crippen LogP contribution >= 0.6 is 0 Å². The summed E-state index contributed by atoms with van der Waals surface area (Å²) in [4.78, 5) is 14.1. The van der Waals surface area contributed by atoms with E-state index in [1.807, 2.05) is 11.9 Å². The van der Waals surface area contributed by atoms with Crippen molar-refractivity contribution in [2.75, 3.05) is 13.6 Å². The van der Waals surface area contributed by atoms with Gasteiger partial charge in [0.25, 0.3) is 5.91 Å². The summed E-state index contributed by atoms with van der Waals surface area (Å²) in [7, 11) is 1.88. The highest BCUT2D eigenvalue weighted by Gasteiger charge is 2.34. The molecule has 5 nitrogen and oxygen atoms in total. The summed E-state index contributed by atoms with van der Waals surface area (Å²) in [6.07, 6.45) is 2.03. The van der Waals surface area contributed by atoms with Crippen LogP contribution in [-0.2, 0) is 0 Å². The van der Waals surface area contributed by atoms with Crippen LogP contribution in [0.5, 0.6) is 0 Å². The summed E-state index contributed by atoms with van der Waals surface area (Å²) in [5.41, 5.74) is 0.822. The van der Waals surface area contributed by atoms with Gasteiger partial charge in [-0.25, -0.2) is 8.78 Å². The van der Waals surface area contributed by atoms with E-state index >= 15 is 0 Å². The van der Waals surface area contributed by atoms with Gasteiger partial charge in [0.15, 0.2) is 17.3 Å². The average molecular weight is 307 g/mol. The smallest absolute Gasteiger partial charge is 0.273 e. The fourth-order valence-electron chi connectivity index (χ4n) is 2.85. The number of nitrogens with zero attached hydrogens (tertiary/aromatic N) is 2. The molecule has 2 atom stereocenters. The average Bonchev–Trinajstić information content (AvgIpc) is 3.13. The summed E-state index contributed by atoms with van der Waals surface area (Å²) in [6.45, 7) is 0.743. The summed E-state index contributed by atoms with van der Waals surface area (Å²) < 4.78 is 31.2. The third-order valence-corrected chi connectivity index (χ3v) is 3.92. The Hall–Kier alpha value is -2.28. The Bertz CT molecular complexity index is 675. The minimum absolute atomic E-state index is 0.193. The van der Waals surface area contributed by atoms with Gasteiger partial charge in [-0.05, 0) is 31.2 Å². The molecule has 1 N–H and O–H groups in total. The van der Waals surface area contributed by atoms with Gasteiger partial charge < -0.3 is 9.84 Å². The predicted octanol–water partition coefficient (Wildman–Crippen LogP) is 2.13. The molecule has 1 aliphatic heterocycles. The van der Waals surface area contributed by atoms with E-state index in [-0.39, 0.29) is 23.7 Å². The van der Waals surface area contributed by atoms with E-state index in [0.29, 0.717) is 12.0 Å². The van der Waals surface area contributed by atoms with Crippen LogP contribution in [0.15, 0.2) is 35.1 Å². The van der Waals surface area contributed by atoms with Gasteiger partial charge >= 0.3 is 0 Å². The summed E-state index contributed by atoms with van der Waals surface area (Å²) in [5.74, 6) is -2.12. The molecule has 1 saturated heterocycles. The Morgan fingerprint density at radius 1 is 1.36 bits per heavy atom. The number of hydrogen-bond donors (Lipinski definition) is 1. The summed E-state index contributed by atoms with van der Waals surface area (Å²) in [5, 5.41) is 6.47. The molecule has 1 aliphatic rings. The maximum atomic E-state index is 13.5. The quantitative estimate of drug-likeness (QED) is 0.944. The van der Waals surface area contributed by atoms with E-state index in [0.717, 1.165) is 12.6 Å². The first-order valence-electron chi connectivity index (χ1n) is 6.92. The minimum Gasteiger partial charge on any atom is -0.364 e. The molecule has 116 valence electrons. The van der Waals surface area contributed by atoms with Gasteiger partial charge in [0.1, 0.15) is 6.26 Å². The highest BCUT2D eigenvalue weighted by molar-refractivity contribution is 5.92. The molecule has 1 amide bonds. The van der Waals surface area contributed by atoms with E-state index in [4.69, 9.17) is 0 Å². The van der Waals surface area contributed by atoms with E-state index in [2.05, 4.69) is 15.0 Å². The standard InChI is InChI=1S/C15H15F2N3O2/c1-20-6-4-12(18-15(21)13-5-7-22-19-13)14(20)9-2-3-10(16)11(17)8-9/h2-3,5,7-8,12,14H,4,6H2,1H3,(H,18,21)/t12-,14-/m1/s1. The first-order chi connectivity index (χ1) is 10.6. The molecule has 3 rings (SSSR count). The van der Waals surface area contributed by atoms with Gasteiger partial charge in [0.2, 0.25) is 0 Å². The lowest BCUT2D eigenvalue weighted by atomic mass is 9.99. The molecule has 0 radical (unpaired) electrons.